The van der Waals surface area contributed by atoms with E-state index in [2.05, 4.69) is 35.6 Å². The molecule has 1 aromatic rings. The van der Waals surface area contributed by atoms with Crippen molar-refractivity contribution in [2.75, 3.05) is 24.8 Å². The van der Waals surface area contributed by atoms with Crippen LogP contribution in [0.4, 0.5) is 5.82 Å². The predicted molar refractivity (Wildman–Crippen MR) is 74.3 cm³/mol. The molecule has 4 heteroatoms. The van der Waals surface area contributed by atoms with Crippen LogP contribution in [-0.4, -0.2) is 32.9 Å². The molecule has 1 aliphatic heterocycles. The molecule has 0 saturated heterocycles. The quantitative estimate of drug-likeness (QED) is 0.593. The van der Waals surface area contributed by atoms with Crippen molar-refractivity contribution in [3.8, 4) is 0 Å². The molecule has 1 aliphatic rings. The Balaban J connectivity index is 1.78. The highest BCUT2D eigenvalue weighted by Gasteiger charge is 2.20. The maximum atomic E-state index is 5.77. The van der Waals surface area contributed by atoms with Crippen molar-refractivity contribution in [2.24, 2.45) is 0 Å². The first-order chi connectivity index (χ1) is 8.06. The first kappa shape index (κ1) is 12.6. The Morgan fingerprint density at radius 2 is 2.24 bits per heavy atom. The van der Waals surface area contributed by atoms with Gasteiger partial charge in [-0.15, -0.1) is 0 Å². The summed E-state index contributed by atoms with van der Waals surface area (Å²) in [6.45, 7) is 9.75. The molecule has 0 bridgehead atoms. The summed E-state index contributed by atoms with van der Waals surface area (Å²) < 4.78 is 5.77. The fourth-order valence-electron chi connectivity index (χ4n) is 1.95. The van der Waals surface area contributed by atoms with Crippen LogP contribution in [0.5, 0.6) is 0 Å². The maximum absolute atomic E-state index is 5.77. The van der Waals surface area contributed by atoms with Crippen LogP contribution < -0.4 is 4.90 Å². The Labute approximate surface area is 105 Å². The van der Waals surface area contributed by atoms with Crippen molar-refractivity contribution < 1.29 is 4.74 Å². The van der Waals surface area contributed by atoms with E-state index in [1.807, 2.05) is 12.3 Å². The molecule has 3 nitrogen and oxygen atoms in total. The van der Waals surface area contributed by atoms with E-state index in [-0.39, 0.29) is 0 Å². The van der Waals surface area contributed by atoms with Crippen molar-refractivity contribution >= 4 is 13.9 Å². The van der Waals surface area contributed by atoms with E-state index in [0.29, 0.717) is 6.73 Å². The van der Waals surface area contributed by atoms with Gasteiger partial charge in [0, 0.05) is 27.4 Å². The number of ether oxygens (including phenoxy) is 1. The smallest absolute Gasteiger partial charge is 0.133 e. The van der Waals surface area contributed by atoms with Crippen LogP contribution in [0.25, 0.3) is 0 Å². The van der Waals surface area contributed by atoms with Gasteiger partial charge in [-0.2, -0.15) is 0 Å². The van der Waals surface area contributed by atoms with Gasteiger partial charge >= 0.3 is 0 Å². The molecule has 94 valence electrons. The van der Waals surface area contributed by atoms with Crippen LogP contribution >= 0.6 is 0 Å². The summed E-state index contributed by atoms with van der Waals surface area (Å²) in [5, 5.41) is 0. The van der Waals surface area contributed by atoms with Gasteiger partial charge < -0.3 is 9.64 Å². The van der Waals surface area contributed by atoms with E-state index in [9.17, 15) is 0 Å². The Bertz CT molecular complexity index is 376. The number of nitrogens with zero attached hydrogens (tertiary/aromatic N) is 2. The second-order valence-corrected chi connectivity index (χ2v) is 11.5. The zero-order valence-corrected chi connectivity index (χ0v) is 12.1. The van der Waals surface area contributed by atoms with Crippen LogP contribution in [0.15, 0.2) is 18.3 Å². The third-order valence-electron chi connectivity index (χ3n) is 3.06. The lowest BCUT2D eigenvalue weighted by Crippen LogP contribution is -2.27. The predicted octanol–water partition coefficient (Wildman–Crippen LogP) is 2.76. The second kappa shape index (κ2) is 5.19. The minimum Gasteiger partial charge on any atom is -0.361 e. The van der Waals surface area contributed by atoms with Gasteiger partial charge in [0.2, 0.25) is 0 Å². The molecule has 2 heterocycles. The van der Waals surface area contributed by atoms with E-state index in [0.717, 1.165) is 25.4 Å². The minimum atomic E-state index is -0.965. The van der Waals surface area contributed by atoms with E-state index >= 15 is 0 Å². The zero-order chi connectivity index (χ0) is 12.3. The van der Waals surface area contributed by atoms with Gasteiger partial charge in [0.15, 0.2) is 0 Å². The molecule has 0 unspecified atom stereocenters. The second-order valence-electron chi connectivity index (χ2n) is 5.85. The van der Waals surface area contributed by atoms with Crippen LogP contribution in [-0.2, 0) is 11.2 Å². The molecule has 0 N–H and O–H groups in total. The molecule has 0 saturated carbocycles. The minimum absolute atomic E-state index is 0.689. The Kier molecular flexibility index (Phi) is 3.84. The molecular weight excluding hydrogens is 228 g/mol. The molecule has 0 amide bonds. The van der Waals surface area contributed by atoms with Crippen LogP contribution in [0, 0.1) is 0 Å². The molecule has 1 aromatic heterocycles. The molecule has 0 fully saturated rings. The molecule has 2 rings (SSSR count). The standard InChI is InChI=1S/C13H22N2OSi/c1-17(2,3)10-9-16-11-15-8-6-12-5-4-7-14-13(12)15/h4-5,7H,6,8-11H2,1-3H3. The topological polar surface area (TPSA) is 25.4 Å². The maximum Gasteiger partial charge on any atom is 0.133 e. The SMILES string of the molecule is C[Si](C)(C)CCOCN1CCc2cccnc21. The summed E-state index contributed by atoms with van der Waals surface area (Å²) in [5.41, 5.74) is 1.35. The fourth-order valence-corrected chi connectivity index (χ4v) is 2.71. The summed E-state index contributed by atoms with van der Waals surface area (Å²) in [6.07, 6.45) is 2.96. The highest BCUT2D eigenvalue weighted by Crippen LogP contribution is 2.24. The van der Waals surface area contributed by atoms with Gasteiger partial charge in [-0.1, -0.05) is 25.7 Å². The Morgan fingerprint density at radius 1 is 1.41 bits per heavy atom. The fraction of sp³-hybridized carbons (Fsp3) is 0.615. The van der Waals surface area contributed by atoms with E-state index in [4.69, 9.17) is 4.74 Å². The monoisotopic (exact) mass is 250 g/mol. The van der Waals surface area contributed by atoms with E-state index in [1.165, 1.54) is 11.6 Å². The van der Waals surface area contributed by atoms with Crippen LogP contribution in [0.2, 0.25) is 25.7 Å². The van der Waals surface area contributed by atoms with Gasteiger partial charge in [-0.05, 0) is 24.1 Å². The molecule has 17 heavy (non-hydrogen) atoms. The number of hydrogen-bond donors (Lipinski definition) is 0. The molecule has 0 spiro atoms. The van der Waals surface area contributed by atoms with Gasteiger partial charge in [0.1, 0.15) is 12.5 Å². The van der Waals surface area contributed by atoms with E-state index < -0.39 is 8.07 Å². The molecule has 0 atom stereocenters. The first-order valence-corrected chi connectivity index (χ1v) is 10.0. The third-order valence-corrected chi connectivity index (χ3v) is 4.77. The lowest BCUT2D eigenvalue weighted by Gasteiger charge is -2.20. The summed E-state index contributed by atoms with van der Waals surface area (Å²) in [5.74, 6) is 1.11. The zero-order valence-electron chi connectivity index (χ0n) is 11.1. The number of pyridine rings is 1. The summed E-state index contributed by atoms with van der Waals surface area (Å²) in [7, 11) is -0.965. The highest BCUT2D eigenvalue weighted by molar-refractivity contribution is 6.76. The number of hydrogen-bond acceptors (Lipinski definition) is 3. The Hall–Kier alpha value is -0.873. The van der Waals surface area contributed by atoms with Crippen LogP contribution in [0.1, 0.15) is 5.56 Å². The van der Waals surface area contributed by atoms with Gasteiger partial charge in [-0.3, -0.25) is 0 Å². The van der Waals surface area contributed by atoms with Gasteiger partial charge in [0.05, 0.1) is 0 Å². The van der Waals surface area contributed by atoms with Crippen molar-refractivity contribution in [1.82, 2.24) is 4.98 Å². The molecular formula is C13H22N2OSi. The number of fused-ring (bicyclic) bond motifs is 1. The summed E-state index contributed by atoms with van der Waals surface area (Å²) >= 11 is 0. The molecule has 0 aromatic carbocycles. The van der Waals surface area contributed by atoms with Crippen molar-refractivity contribution in [1.29, 1.82) is 0 Å². The summed E-state index contributed by atoms with van der Waals surface area (Å²) in [4.78, 5) is 6.66. The van der Waals surface area contributed by atoms with Crippen molar-refractivity contribution in [2.45, 2.75) is 32.1 Å². The lowest BCUT2D eigenvalue weighted by molar-refractivity contribution is 0.147. The number of aromatic nitrogens is 1. The third kappa shape index (κ3) is 3.54. The van der Waals surface area contributed by atoms with E-state index in [1.54, 1.807) is 0 Å². The number of anilines is 1. The first-order valence-electron chi connectivity index (χ1n) is 6.33. The molecule has 0 aliphatic carbocycles. The average molecular weight is 250 g/mol. The van der Waals surface area contributed by atoms with Gasteiger partial charge in [0.25, 0.3) is 0 Å². The normalized spacial score (nSPS) is 15.1. The van der Waals surface area contributed by atoms with Crippen molar-refractivity contribution in [3.63, 3.8) is 0 Å². The number of rotatable bonds is 5. The molecule has 0 radical (unpaired) electrons. The lowest BCUT2D eigenvalue weighted by atomic mass is 10.2. The highest BCUT2D eigenvalue weighted by atomic mass is 28.3. The van der Waals surface area contributed by atoms with Crippen LogP contribution in [0.3, 0.4) is 0 Å². The largest absolute Gasteiger partial charge is 0.361 e. The summed E-state index contributed by atoms with van der Waals surface area (Å²) in [6, 6.07) is 5.40. The van der Waals surface area contributed by atoms with Gasteiger partial charge in [-0.25, -0.2) is 4.98 Å². The Morgan fingerprint density at radius 3 is 3.00 bits per heavy atom. The van der Waals surface area contributed by atoms with Crippen molar-refractivity contribution in [3.05, 3.63) is 23.9 Å². The average Bonchev–Trinajstić information content (AvgIpc) is 2.67.